The molecule has 1 N–H and O–H groups in total. The monoisotopic (exact) mass is 410 g/mol. The van der Waals surface area contributed by atoms with Gasteiger partial charge in [0.05, 0.1) is 16.8 Å². The minimum absolute atomic E-state index is 0.137. The van der Waals surface area contributed by atoms with Crippen molar-refractivity contribution in [1.29, 1.82) is 0 Å². The molecule has 2 heterocycles. The van der Waals surface area contributed by atoms with Crippen LogP contribution in [0.5, 0.6) is 0 Å². The van der Waals surface area contributed by atoms with Crippen LogP contribution in [0, 0.1) is 0 Å². The highest BCUT2D eigenvalue weighted by atomic mass is 32.1. The lowest BCUT2D eigenvalue weighted by Crippen LogP contribution is -2.12. The maximum atomic E-state index is 12.7. The molecule has 0 aliphatic heterocycles. The Morgan fingerprint density at radius 1 is 0.967 bits per heavy atom. The van der Waals surface area contributed by atoms with Crippen molar-refractivity contribution in [3.8, 4) is 10.6 Å². The highest BCUT2D eigenvalue weighted by Gasteiger charge is 2.09. The molecular formula is C24H18N4OS. The van der Waals surface area contributed by atoms with Crippen LogP contribution >= 0.6 is 11.3 Å². The van der Waals surface area contributed by atoms with E-state index in [2.05, 4.69) is 16.5 Å². The zero-order valence-corrected chi connectivity index (χ0v) is 16.8. The van der Waals surface area contributed by atoms with Crippen LogP contribution in [-0.2, 0) is 6.54 Å². The van der Waals surface area contributed by atoms with Gasteiger partial charge in [-0.1, -0.05) is 36.4 Å². The number of nitrogens with one attached hydrogen (secondary N) is 1. The molecule has 0 aliphatic carbocycles. The molecule has 146 valence electrons. The van der Waals surface area contributed by atoms with Crippen LogP contribution in [0.4, 0.5) is 5.69 Å². The normalized spacial score (nSPS) is 10.9. The van der Waals surface area contributed by atoms with Gasteiger partial charge in [-0.05, 0) is 48.0 Å². The number of thiazole rings is 1. The van der Waals surface area contributed by atoms with Crippen LogP contribution in [0.2, 0.25) is 0 Å². The van der Waals surface area contributed by atoms with E-state index in [1.54, 1.807) is 17.5 Å². The van der Waals surface area contributed by atoms with Crippen LogP contribution < -0.4 is 5.32 Å². The second kappa shape index (κ2) is 7.93. The first-order valence-electron chi connectivity index (χ1n) is 9.58. The molecule has 0 fully saturated rings. The van der Waals surface area contributed by atoms with E-state index in [-0.39, 0.29) is 5.91 Å². The van der Waals surface area contributed by atoms with Gasteiger partial charge in [0.25, 0.3) is 5.91 Å². The summed E-state index contributed by atoms with van der Waals surface area (Å²) in [6, 6.07) is 25.4. The summed E-state index contributed by atoms with van der Waals surface area (Å²) in [6.07, 6.45) is 3.67. The van der Waals surface area contributed by atoms with Crippen LogP contribution in [0.25, 0.3) is 20.8 Å². The van der Waals surface area contributed by atoms with E-state index in [0.29, 0.717) is 12.1 Å². The second-order valence-electron chi connectivity index (χ2n) is 6.92. The van der Waals surface area contributed by atoms with Gasteiger partial charge in [-0.15, -0.1) is 11.3 Å². The SMILES string of the molecule is O=C(Nc1cccc(-c2nc3ccccc3s2)c1)c1ccc(Cn2cccn2)cc1. The Labute approximate surface area is 177 Å². The summed E-state index contributed by atoms with van der Waals surface area (Å²) >= 11 is 1.65. The lowest BCUT2D eigenvalue weighted by Gasteiger charge is -2.08. The van der Waals surface area contributed by atoms with Gasteiger partial charge in [-0.3, -0.25) is 9.48 Å². The molecule has 2 aromatic heterocycles. The number of amides is 1. The Kier molecular flexibility index (Phi) is 4.83. The number of hydrogen-bond donors (Lipinski definition) is 1. The first-order valence-corrected chi connectivity index (χ1v) is 10.4. The van der Waals surface area contributed by atoms with E-state index < -0.39 is 0 Å². The van der Waals surface area contributed by atoms with Gasteiger partial charge in [-0.25, -0.2) is 4.98 Å². The van der Waals surface area contributed by atoms with E-state index in [1.165, 1.54) is 0 Å². The molecule has 0 radical (unpaired) electrons. The third-order valence-corrected chi connectivity index (χ3v) is 5.87. The molecule has 30 heavy (non-hydrogen) atoms. The van der Waals surface area contributed by atoms with E-state index in [4.69, 9.17) is 4.98 Å². The summed E-state index contributed by atoms with van der Waals surface area (Å²) in [5.74, 6) is -0.137. The molecule has 1 amide bonds. The van der Waals surface area contributed by atoms with Crippen molar-refractivity contribution < 1.29 is 4.79 Å². The minimum Gasteiger partial charge on any atom is -0.322 e. The Morgan fingerprint density at radius 2 is 1.83 bits per heavy atom. The number of carbonyl (C=O) groups excluding carboxylic acids is 1. The predicted molar refractivity (Wildman–Crippen MR) is 121 cm³/mol. The van der Waals surface area contributed by atoms with Gasteiger partial charge in [-0.2, -0.15) is 5.10 Å². The van der Waals surface area contributed by atoms with E-state index in [0.717, 1.165) is 32.0 Å². The van der Waals surface area contributed by atoms with Crippen LogP contribution in [0.3, 0.4) is 0 Å². The molecule has 5 rings (SSSR count). The standard InChI is InChI=1S/C24H18N4OS/c29-23(18-11-9-17(10-12-18)16-28-14-4-13-25-28)26-20-6-3-5-19(15-20)24-27-21-7-1-2-8-22(21)30-24/h1-15H,16H2,(H,26,29). The Morgan fingerprint density at radius 3 is 2.63 bits per heavy atom. The van der Waals surface area contributed by atoms with E-state index in [1.807, 2.05) is 83.7 Å². The van der Waals surface area contributed by atoms with Gasteiger partial charge in [0.1, 0.15) is 5.01 Å². The third kappa shape index (κ3) is 3.86. The van der Waals surface area contributed by atoms with Crippen molar-refractivity contribution in [2.24, 2.45) is 0 Å². The minimum atomic E-state index is -0.137. The highest BCUT2D eigenvalue weighted by molar-refractivity contribution is 7.21. The molecule has 0 saturated heterocycles. The average Bonchev–Trinajstić information content (AvgIpc) is 3.44. The molecule has 0 saturated carbocycles. The summed E-state index contributed by atoms with van der Waals surface area (Å²) in [4.78, 5) is 17.4. The van der Waals surface area contributed by atoms with Crippen LogP contribution in [0.15, 0.2) is 91.3 Å². The zero-order valence-electron chi connectivity index (χ0n) is 16.0. The second-order valence-corrected chi connectivity index (χ2v) is 7.95. The molecule has 0 unspecified atom stereocenters. The van der Waals surface area contributed by atoms with Crippen molar-refractivity contribution in [2.75, 3.05) is 5.32 Å². The first-order chi connectivity index (χ1) is 14.7. The molecular weight excluding hydrogens is 392 g/mol. The Bertz CT molecular complexity index is 1270. The van der Waals surface area contributed by atoms with E-state index in [9.17, 15) is 4.79 Å². The first kappa shape index (κ1) is 18.3. The fraction of sp³-hybridized carbons (Fsp3) is 0.0417. The van der Waals surface area contributed by atoms with Gasteiger partial charge in [0.2, 0.25) is 0 Å². The highest BCUT2D eigenvalue weighted by Crippen LogP contribution is 2.31. The summed E-state index contributed by atoms with van der Waals surface area (Å²) in [7, 11) is 0. The van der Waals surface area contributed by atoms with Crippen molar-refractivity contribution in [1.82, 2.24) is 14.8 Å². The number of anilines is 1. The topological polar surface area (TPSA) is 59.8 Å². The van der Waals surface area contributed by atoms with E-state index >= 15 is 0 Å². The number of rotatable bonds is 5. The maximum absolute atomic E-state index is 12.7. The van der Waals surface area contributed by atoms with Crippen LogP contribution in [-0.4, -0.2) is 20.7 Å². The lowest BCUT2D eigenvalue weighted by atomic mass is 10.1. The average molecular weight is 411 g/mol. The van der Waals surface area contributed by atoms with Gasteiger partial charge < -0.3 is 5.32 Å². The van der Waals surface area contributed by atoms with Crippen LogP contribution in [0.1, 0.15) is 15.9 Å². The number of hydrogen-bond acceptors (Lipinski definition) is 4. The van der Waals surface area contributed by atoms with Crippen molar-refractivity contribution >= 4 is 33.1 Å². The summed E-state index contributed by atoms with van der Waals surface area (Å²) in [6.45, 7) is 0.680. The number of para-hydroxylation sites is 1. The van der Waals surface area contributed by atoms with Gasteiger partial charge in [0.15, 0.2) is 0 Å². The molecule has 6 heteroatoms. The summed E-state index contributed by atoms with van der Waals surface area (Å²) < 4.78 is 3.00. The quantitative estimate of drug-likeness (QED) is 0.418. The summed E-state index contributed by atoms with van der Waals surface area (Å²) in [5, 5.41) is 8.13. The number of fused-ring (bicyclic) bond motifs is 1. The molecule has 5 nitrogen and oxygen atoms in total. The number of aromatic nitrogens is 3. The fourth-order valence-electron chi connectivity index (χ4n) is 3.27. The predicted octanol–water partition coefficient (Wildman–Crippen LogP) is 5.46. The largest absolute Gasteiger partial charge is 0.322 e. The van der Waals surface area contributed by atoms with Crippen molar-refractivity contribution in [3.63, 3.8) is 0 Å². The zero-order chi connectivity index (χ0) is 20.3. The summed E-state index contributed by atoms with van der Waals surface area (Å²) in [5.41, 5.74) is 4.43. The number of carbonyl (C=O) groups is 1. The van der Waals surface area contributed by atoms with Crippen molar-refractivity contribution in [2.45, 2.75) is 6.54 Å². The fourth-order valence-corrected chi connectivity index (χ4v) is 4.23. The molecule has 0 aliphatic rings. The lowest BCUT2D eigenvalue weighted by molar-refractivity contribution is 0.102. The molecule has 0 atom stereocenters. The molecule has 5 aromatic rings. The maximum Gasteiger partial charge on any atom is 0.255 e. The Balaban J connectivity index is 1.31. The third-order valence-electron chi connectivity index (χ3n) is 4.78. The number of nitrogens with zero attached hydrogens (tertiary/aromatic N) is 3. The molecule has 0 bridgehead atoms. The van der Waals surface area contributed by atoms with Gasteiger partial charge in [0, 0.05) is 29.2 Å². The van der Waals surface area contributed by atoms with Crippen molar-refractivity contribution in [3.05, 3.63) is 102 Å². The number of benzene rings is 3. The smallest absolute Gasteiger partial charge is 0.255 e. The molecule has 3 aromatic carbocycles. The molecule has 0 spiro atoms. The Hall–Kier alpha value is -3.77. The van der Waals surface area contributed by atoms with Gasteiger partial charge >= 0.3 is 0 Å².